The second-order valence-corrected chi connectivity index (χ2v) is 8.43. The van der Waals surface area contributed by atoms with Crippen molar-refractivity contribution in [1.29, 1.82) is 0 Å². The summed E-state index contributed by atoms with van der Waals surface area (Å²) in [5.74, 6) is -0.161. The van der Waals surface area contributed by atoms with Crippen LogP contribution in [-0.2, 0) is 0 Å². The molecule has 0 bridgehead atoms. The molecular formula is C29H25N5O. The number of fused-ring (bicyclic) bond motifs is 1. The van der Waals surface area contributed by atoms with Crippen molar-refractivity contribution in [2.24, 2.45) is 0 Å². The topological polar surface area (TPSA) is 78.9 Å². The first kappa shape index (κ1) is 22.1. The van der Waals surface area contributed by atoms with Gasteiger partial charge in [0, 0.05) is 58.0 Å². The van der Waals surface area contributed by atoms with Crippen LogP contribution < -0.4 is 16.0 Å². The minimum Gasteiger partial charge on any atom is -0.355 e. The number of benzene rings is 3. The number of carbonyl (C=O) groups excluding carboxylic acids is 1. The maximum Gasteiger partial charge on any atom is 0.255 e. The second-order valence-electron chi connectivity index (χ2n) is 8.43. The van der Waals surface area contributed by atoms with E-state index in [4.69, 9.17) is 0 Å². The third-order valence-electron chi connectivity index (χ3n) is 5.78. The Morgan fingerprint density at radius 2 is 1.43 bits per heavy atom. The molecule has 0 saturated heterocycles. The van der Waals surface area contributed by atoms with Crippen LogP contribution in [0.1, 0.15) is 21.5 Å². The molecule has 0 aliphatic heterocycles. The molecule has 0 saturated carbocycles. The predicted molar refractivity (Wildman–Crippen MR) is 143 cm³/mol. The van der Waals surface area contributed by atoms with Gasteiger partial charge in [0.2, 0.25) is 0 Å². The number of anilines is 5. The Labute approximate surface area is 204 Å². The number of pyridine rings is 2. The van der Waals surface area contributed by atoms with Crippen molar-refractivity contribution < 1.29 is 4.79 Å². The van der Waals surface area contributed by atoms with E-state index < -0.39 is 0 Å². The predicted octanol–water partition coefficient (Wildman–Crippen LogP) is 6.99. The van der Waals surface area contributed by atoms with Crippen LogP contribution in [0, 0.1) is 13.8 Å². The number of nitrogens with zero attached hydrogens (tertiary/aromatic N) is 2. The fourth-order valence-corrected chi connectivity index (χ4v) is 3.86. The van der Waals surface area contributed by atoms with Crippen molar-refractivity contribution in [2.75, 3.05) is 16.0 Å². The van der Waals surface area contributed by atoms with Crippen LogP contribution in [-0.4, -0.2) is 15.9 Å². The van der Waals surface area contributed by atoms with Gasteiger partial charge in [0.1, 0.15) is 0 Å². The van der Waals surface area contributed by atoms with Crippen LogP contribution in [0.5, 0.6) is 0 Å². The van der Waals surface area contributed by atoms with Crippen molar-refractivity contribution in [3.63, 3.8) is 0 Å². The molecule has 0 atom stereocenters. The fourth-order valence-electron chi connectivity index (χ4n) is 3.86. The number of hydrogen-bond acceptors (Lipinski definition) is 5. The van der Waals surface area contributed by atoms with Crippen molar-refractivity contribution in [1.82, 2.24) is 9.97 Å². The molecule has 6 nitrogen and oxygen atoms in total. The summed E-state index contributed by atoms with van der Waals surface area (Å²) in [5.41, 5.74) is 8.13. The van der Waals surface area contributed by atoms with E-state index in [1.54, 1.807) is 18.6 Å². The first-order valence-corrected chi connectivity index (χ1v) is 11.4. The van der Waals surface area contributed by atoms with E-state index in [0.717, 1.165) is 44.9 Å². The van der Waals surface area contributed by atoms with Crippen LogP contribution in [0.4, 0.5) is 28.4 Å². The quantitative estimate of drug-likeness (QED) is 0.255. The third kappa shape index (κ3) is 5.12. The Bertz CT molecular complexity index is 1500. The van der Waals surface area contributed by atoms with Crippen molar-refractivity contribution in [3.8, 4) is 0 Å². The normalized spacial score (nSPS) is 10.7. The molecule has 1 amide bonds. The second kappa shape index (κ2) is 9.65. The zero-order valence-electron chi connectivity index (χ0n) is 19.5. The van der Waals surface area contributed by atoms with Gasteiger partial charge in [-0.05, 0) is 86.1 Å². The molecule has 2 aromatic heterocycles. The molecule has 0 radical (unpaired) electrons. The Balaban J connectivity index is 1.30. The smallest absolute Gasteiger partial charge is 0.255 e. The lowest BCUT2D eigenvalue weighted by atomic mass is 10.1. The number of amides is 1. The van der Waals surface area contributed by atoms with Crippen molar-refractivity contribution in [3.05, 3.63) is 114 Å². The van der Waals surface area contributed by atoms with Gasteiger partial charge in [0.25, 0.3) is 5.91 Å². The van der Waals surface area contributed by atoms with E-state index in [1.165, 1.54) is 5.56 Å². The van der Waals surface area contributed by atoms with Crippen molar-refractivity contribution in [2.45, 2.75) is 13.8 Å². The van der Waals surface area contributed by atoms with Crippen LogP contribution in [0.25, 0.3) is 10.9 Å². The summed E-state index contributed by atoms with van der Waals surface area (Å²) in [4.78, 5) is 21.4. The van der Waals surface area contributed by atoms with E-state index >= 15 is 0 Å². The van der Waals surface area contributed by atoms with Gasteiger partial charge in [-0.25, -0.2) is 0 Å². The van der Waals surface area contributed by atoms with Gasteiger partial charge >= 0.3 is 0 Å². The highest BCUT2D eigenvalue weighted by Crippen LogP contribution is 2.27. The number of rotatable bonds is 6. The zero-order valence-corrected chi connectivity index (χ0v) is 19.5. The Morgan fingerprint density at radius 1 is 0.686 bits per heavy atom. The summed E-state index contributed by atoms with van der Waals surface area (Å²) in [5, 5.41) is 10.9. The van der Waals surface area contributed by atoms with E-state index in [-0.39, 0.29) is 5.91 Å². The molecular weight excluding hydrogens is 434 g/mol. The molecule has 3 N–H and O–H groups in total. The van der Waals surface area contributed by atoms with Crippen LogP contribution in [0.3, 0.4) is 0 Å². The highest BCUT2D eigenvalue weighted by atomic mass is 16.1. The first-order chi connectivity index (χ1) is 17.0. The third-order valence-corrected chi connectivity index (χ3v) is 5.78. The summed E-state index contributed by atoms with van der Waals surface area (Å²) >= 11 is 0. The standard InChI is InChI=1S/C29H25N5O/c1-19-3-10-26-25(17-19)27(13-16-31-26)33-22-8-5-21(6-9-22)29(35)34-28-18-24(7-4-20(28)2)32-23-11-14-30-15-12-23/h3-18H,1-2H3,(H,30,32)(H,31,33)(H,34,35). The summed E-state index contributed by atoms with van der Waals surface area (Å²) in [7, 11) is 0. The number of hydrogen-bond donors (Lipinski definition) is 3. The summed E-state index contributed by atoms with van der Waals surface area (Å²) in [6, 6.07) is 25.3. The molecule has 0 aliphatic rings. The summed E-state index contributed by atoms with van der Waals surface area (Å²) in [6.45, 7) is 4.04. The molecule has 3 aromatic carbocycles. The molecule has 5 aromatic rings. The first-order valence-electron chi connectivity index (χ1n) is 11.4. The molecule has 6 heteroatoms. The van der Waals surface area contributed by atoms with Crippen LogP contribution >= 0.6 is 0 Å². The number of nitrogens with one attached hydrogen (secondary N) is 3. The van der Waals surface area contributed by atoms with Gasteiger partial charge in [-0.2, -0.15) is 0 Å². The minimum absolute atomic E-state index is 0.161. The molecule has 35 heavy (non-hydrogen) atoms. The molecule has 2 heterocycles. The molecule has 0 aliphatic carbocycles. The lowest BCUT2D eigenvalue weighted by Crippen LogP contribution is -2.13. The summed E-state index contributed by atoms with van der Waals surface area (Å²) in [6.07, 6.45) is 5.26. The number of carbonyl (C=O) groups is 1. The highest BCUT2D eigenvalue weighted by molar-refractivity contribution is 6.05. The highest BCUT2D eigenvalue weighted by Gasteiger charge is 2.10. The maximum absolute atomic E-state index is 12.9. The molecule has 172 valence electrons. The summed E-state index contributed by atoms with van der Waals surface area (Å²) < 4.78 is 0. The Morgan fingerprint density at radius 3 is 2.23 bits per heavy atom. The molecule has 0 fully saturated rings. The lowest BCUT2D eigenvalue weighted by Gasteiger charge is -2.13. The maximum atomic E-state index is 12.9. The number of aryl methyl sites for hydroxylation is 2. The van der Waals surface area contributed by atoms with E-state index in [2.05, 4.69) is 45.0 Å². The lowest BCUT2D eigenvalue weighted by molar-refractivity contribution is 0.102. The van der Waals surface area contributed by atoms with Crippen molar-refractivity contribution >= 4 is 45.2 Å². The van der Waals surface area contributed by atoms with Gasteiger partial charge < -0.3 is 16.0 Å². The minimum atomic E-state index is -0.161. The van der Waals surface area contributed by atoms with Crippen LogP contribution in [0.2, 0.25) is 0 Å². The van der Waals surface area contributed by atoms with E-state index in [0.29, 0.717) is 5.56 Å². The van der Waals surface area contributed by atoms with Gasteiger partial charge in [0.05, 0.1) is 5.52 Å². The average molecular weight is 460 g/mol. The van der Waals surface area contributed by atoms with E-state index in [1.807, 2.05) is 73.7 Å². The fraction of sp³-hybridized carbons (Fsp3) is 0.0690. The molecule has 0 spiro atoms. The molecule has 0 unspecified atom stereocenters. The van der Waals surface area contributed by atoms with Gasteiger partial charge in [-0.1, -0.05) is 17.7 Å². The number of aromatic nitrogens is 2. The average Bonchev–Trinajstić information content (AvgIpc) is 2.87. The van der Waals surface area contributed by atoms with Crippen LogP contribution in [0.15, 0.2) is 97.5 Å². The Hall–Kier alpha value is -4.71. The Kier molecular flexibility index (Phi) is 6.09. The van der Waals surface area contributed by atoms with Gasteiger partial charge in [-0.3, -0.25) is 14.8 Å². The van der Waals surface area contributed by atoms with Gasteiger partial charge in [-0.15, -0.1) is 0 Å². The SMILES string of the molecule is Cc1ccc2nccc(Nc3ccc(C(=O)Nc4cc(Nc5ccncc5)ccc4C)cc3)c2c1. The van der Waals surface area contributed by atoms with E-state index in [9.17, 15) is 4.79 Å². The monoisotopic (exact) mass is 459 g/mol. The van der Waals surface area contributed by atoms with Gasteiger partial charge in [0.15, 0.2) is 0 Å². The zero-order chi connectivity index (χ0) is 24.2. The largest absolute Gasteiger partial charge is 0.355 e. The molecule has 5 rings (SSSR count).